The van der Waals surface area contributed by atoms with Gasteiger partial charge in [-0.15, -0.1) is 0 Å². The Balaban J connectivity index is 1.88. The lowest BCUT2D eigenvalue weighted by molar-refractivity contribution is 0.155. The summed E-state index contributed by atoms with van der Waals surface area (Å²) in [5.74, 6) is 0. The van der Waals surface area contributed by atoms with Crippen molar-refractivity contribution in [1.29, 1.82) is 0 Å². The summed E-state index contributed by atoms with van der Waals surface area (Å²) in [4.78, 5) is 14.2. The van der Waals surface area contributed by atoms with Crippen LogP contribution in [-0.4, -0.2) is 31.3 Å². The molecule has 0 saturated heterocycles. The average molecular weight is 341 g/mol. The van der Waals surface area contributed by atoms with Crippen molar-refractivity contribution in [2.75, 3.05) is 24.3 Å². The highest BCUT2D eigenvalue weighted by atomic mass is 16.3. The van der Waals surface area contributed by atoms with E-state index in [1.54, 1.807) is 0 Å². The number of carbonyl (C=O) groups excluding carboxylic acids is 1. The van der Waals surface area contributed by atoms with E-state index in [1.165, 1.54) is 0 Å². The molecule has 25 heavy (non-hydrogen) atoms. The smallest absolute Gasteiger partial charge is 0.319 e. The SMILES string of the molecule is Cc1cc(NC(=O)NC(C)CC(O)c2ccccc2)ccc1N(C)C. The monoisotopic (exact) mass is 341 g/mol. The van der Waals surface area contributed by atoms with Crippen LogP contribution in [0.5, 0.6) is 0 Å². The molecule has 0 aliphatic heterocycles. The maximum Gasteiger partial charge on any atom is 0.319 e. The molecule has 2 amide bonds. The van der Waals surface area contributed by atoms with E-state index in [1.807, 2.05) is 81.4 Å². The van der Waals surface area contributed by atoms with Gasteiger partial charge in [0.05, 0.1) is 6.10 Å². The standard InChI is InChI=1S/C20H27N3O2/c1-14-12-17(10-11-18(14)23(3)4)22-20(25)21-15(2)13-19(24)16-8-6-5-7-9-16/h5-12,15,19,24H,13H2,1-4H3,(H2,21,22,25). The molecule has 0 radical (unpaired) electrons. The molecule has 0 bridgehead atoms. The average Bonchev–Trinajstić information content (AvgIpc) is 2.55. The van der Waals surface area contributed by atoms with Crippen LogP contribution >= 0.6 is 0 Å². The van der Waals surface area contributed by atoms with Gasteiger partial charge in [-0.05, 0) is 49.6 Å². The molecule has 0 fully saturated rings. The van der Waals surface area contributed by atoms with Crippen LogP contribution in [-0.2, 0) is 0 Å². The zero-order valence-corrected chi connectivity index (χ0v) is 15.3. The molecule has 0 saturated carbocycles. The minimum Gasteiger partial charge on any atom is -0.388 e. The second-order valence-electron chi connectivity index (χ2n) is 6.56. The van der Waals surface area contributed by atoms with E-state index in [9.17, 15) is 9.90 Å². The maximum atomic E-state index is 12.2. The summed E-state index contributed by atoms with van der Waals surface area (Å²) in [6.07, 6.45) is -0.145. The van der Waals surface area contributed by atoms with Gasteiger partial charge in [0.1, 0.15) is 0 Å². The Bertz CT molecular complexity index is 701. The number of aliphatic hydroxyl groups excluding tert-OH is 1. The fourth-order valence-electron chi connectivity index (χ4n) is 2.83. The topological polar surface area (TPSA) is 64.6 Å². The van der Waals surface area contributed by atoms with Gasteiger partial charge in [0.2, 0.25) is 0 Å². The van der Waals surface area contributed by atoms with Crippen LogP contribution < -0.4 is 15.5 Å². The molecular weight excluding hydrogens is 314 g/mol. The molecule has 2 rings (SSSR count). The van der Waals surface area contributed by atoms with Gasteiger partial charge < -0.3 is 20.6 Å². The van der Waals surface area contributed by atoms with Gasteiger partial charge in [-0.2, -0.15) is 0 Å². The maximum absolute atomic E-state index is 12.2. The number of hydrogen-bond acceptors (Lipinski definition) is 3. The largest absolute Gasteiger partial charge is 0.388 e. The number of benzene rings is 2. The third kappa shape index (κ3) is 5.50. The van der Waals surface area contributed by atoms with Gasteiger partial charge in [0.15, 0.2) is 0 Å². The Kier molecular flexibility index (Phi) is 6.42. The first-order valence-electron chi connectivity index (χ1n) is 8.45. The summed E-state index contributed by atoms with van der Waals surface area (Å²) in [5, 5.41) is 15.9. The van der Waals surface area contributed by atoms with E-state index in [-0.39, 0.29) is 12.1 Å². The van der Waals surface area contributed by atoms with Crippen LogP contribution in [0.3, 0.4) is 0 Å². The number of carbonyl (C=O) groups is 1. The molecule has 134 valence electrons. The van der Waals surface area contributed by atoms with E-state index in [4.69, 9.17) is 0 Å². The van der Waals surface area contributed by atoms with Crippen molar-refractivity contribution in [2.45, 2.75) is 32.4 Å². The summed E-state index contributed by atoms with van der Waals surface area (Å²) in [5.41, 5.74) is 3.81. The highest BCUT2D eigenvalue weighted by Crippen LogP contribution is 2.22. The Hall–Kier alpha value is -2.53. The lowest BCUT2D eigenvalue weighted by Crippen LogP contribution is -2.37. The van der Waals surface area contributed by atoms with E-state index >= 15 is 0 Å². The molecule has 5 nitrogen and oxygen atoms in total. The second-order valence-corrected chi connectivity index (χ2v) is 6.56. The highest BCUT2D eigenvalue weighted by molar-refractivity contribution is 5.89. The van der Waals surface area contributed by atoms with E-state index in [0.717, 1.165) is 22.5 Å². The minimum absolute atomic E-state index is 0.155. The summed E-state index contributed by atoms with van der Waals surface area (Å²) in [6, 6.07) is 14.8. The number of rotatable bonds is 6. The number of nitrogens with zero attached hydrogens (tertiary/aromatic N) is 1. The third-order valence-electron chi connectivity index (χ3n) is 4.08. The van der Waals surface area contributed by atoms with Crippen LogP contribution in [0.2, 0.25) is 0 Å². The molecule has 0 aromatic heterocycles. The Morgan fingerprint density at radius 3 is 2.44 bits per heavy atom. The number of aryl methyl sites for hydroxylation is 1. The highest BCUT2D eigenvalue weighted by Gasteiger charge is 2.14. The van der Waals surface area contributed by atoms with Crippen LogP contribution in [0.25, 0.3) is 0 Å². The Morgan fingerprint density at radius 1 is 1.16 bits per heavy atom. The second kappa shape index (κ2) is 8.53. The predicted octanol–water partition coefficient (Wildman–Crippen LogP) is 3.69. The van der Waals surface area contributed by atoms with Crippen molar-refractivity contribution in [1.82, 2.24) is 5.32 Å². The normalized spacial score (nSPS) is 13.0. The predicted molar refractivity (Wildman–Crippen MR) is 103 cm³/mol. The molecule has 2 unspecified atom stereocenters. The summed E-state index contributed by atoms with van der Waals surface area (Å²) in [6.45, 7) is 3.89. The Morgan fingerprint density at radius 2 is 1.84 bits per heavy atom. The minimum atomic E-state index is -0.599. The van der Waals surface area contributed by atoms with Crippen LogP contribution in [0, 0.1) is 6.92 Å². The first-order valence-corrected chi connectivity index (χ1v) is 8.45. The molecule has 2 aromatic carbocycles. The van der Waals surface area contributed by atoms with Crippen molar-refractivity contribution in [3.8, 4) is 0 Å². The van der Waals surface area contributed by atoms with Crippen molar-refractivity contribution < 1.29 is 9.90 Å². The van der Waals surface area contributed by atoms with Gasteiger partial charge in [0.25, 0.3) is 0 Å². The molecule has 0 aliphatic rings. The van der Waals surface area contributed by atoms with E-state index in [0.29, 0.717) is 6.42 Å². The number of urea groups is 1. The lowest BCUT2D eigenvalue weighted by atomic mass is 10.0. The molecule has 0 heterocycles. The van der Waals surface area contributed by atoms with Crippen molar-refractivity contribution in [3.63, 3.8) is 0 Å². The van der Waals surface area contributed by atoms with Crippen molar-refractivity contribution in [3.05, 3.63) is 59.7 Å². The molecule has 0 aliphatic carbocycles. The quantitative estimate of drug-likeness (QED) is 0.751. The molecule has 0 spiro atoms. The van der Waals surface area contributed by atoms with Gasteiger partial charge in [-0.3, -0.25) is 0 Å². The van der Waals surface area contributed by atoms with Gasteiger partial charge in [0, 0.05) is 31.5 Å². The Labute approximate surface area is 149 Å². The first-order chi connectivity index (χ1) is 11.9. The summed E-state index contributed by atoms with van der Waals surface area (Å²) >= 11 is 0. The first kappa shape index (κ1) is 18.8. The number of anilines is 2. The van der Waals surface area contributed by atoms with Crippen molar-refractivity contribution in [2.24, 2.45) is 0 Å². The number of aliphatic hydroxyl groups is 1. The zero-order valence-electron chi connectivity index (χ0n) is 15.3. The molecule has 2 aromatic rings. The fourth-order valence-corrected chi connectivity index (χ4v) is 2.83. The molecule has 3 N–H and O–H groups in total. The van der Waals surface area contributed by atoms with Crippen LogP contribution in [0.1, 0.15) is 30.6 Å². The number of amides is 2. The van der Waals surface area contributed by atoms with E-state index in [2.05, 4.69) is 10.6 Å². The molecule has 5 heteroatoms. The summed E-state index contributed by atoms with van der Waals surface area (Å²) < 4.78 is 0. The summed E-state index contributed by atoms with van der Waals surface area (Å²) in [7, 11) is 3.98. The van der Waals surface area contributed by atoms with Crippen LogP contribution in [0.15, 0.2) is 48.5 Å². The molecule has 2 atom stereocenters. The van der Waals surface area contributed by atoms with Gasteiger partial charge >= 0.3 is 6.03 Å². The van der Waals surface area contributed by atoms with Gasteiger partial charge in [-0.25, -0.2) is 4.79 Å². The van der Waals surface area contributed by atoms with Gasteiger partial charge in [-0.1, -0.05) is 30.3 Å². The van der Waals surface area contributed by atoms with Crippen molar-refractivity contribution >= 4 is 17.4 Å². The lowest BCUT2D eigenvalue weighted by Gasteiger charge is -2.19. The van der Waals surface area contributed by atoms with Crippen LogP contribution in [0.4, 0.5) is 16.2 Å². The number of hydrogen-bond donors (Lipinski definition) is 3. The zero-order chi connectivity index (χ0) is 18.4. The van der Waals surface area contributed by atoms with E-state index < -0.39 is 6.10 Å². The third-order valence-corrected chi connectivity index (χ3v) is 4.08. The molecular formula is C20H27N3O2. The number of nitrogens with one attached hydrogen (secondary N) is 2. The fraction of sp³-hybridized carbons (Fsp3) is 0.350.